The van der Waals surface area contributed by atoms with E-state index in [1.165, 1.54) is 6.33 Å². The number of para-hydroxylation sites is 1. The van der Waals surface area contributed by atoms with Crippen molar-refractivity contribution in [2.45, 2.75) is 6.42 Å². The number of hydrogen-bond acceptors (Lipinski definition) is 5. The van der Waals surface area contributed by atoms with Crippen molar-refractivity contribution in [1.82, 2.24) is 19.7 Å². The van der Waals surface area contributed by atoms with E-state index in [-0.39, 0.29) is 12.3 Å². The normalized spacial score (nSPS) is 10.7. The molecule has 0 saturated heterocycles. The summed E-state index contributed by atoms with van der Waals surface area (Å²) in [5.74, 6) is 0.288. The summed E-state index contributed by atoms with van der Waals surface area (Å²) in [4.78, 5) is 19.2. The summed E-state index contributed by atoms with van der Waals surface area (Å²) in [5.41, 5.74) is 6.75. The summed E-state index contributed by atoms with van der Waals surface area (Å²) in [6.07, 6.45) is 3.42. The smallest absolute Gasteiger partial charge is 0.219 e. The maximum absolute atomic E-state index is 10.8. The minimum atomic E-state index is -0.354. The molecular weight excluding hydrogens is 268 g/mol. The van der Waals surface area contributed by atoms with Crippen LogP contribution in [0.3, 0.4) is 0 Å². The van der Waals surface area contributed by atoms with Gasteiger partial charge in [-0.15, -0.1) is 0 Å². The molecule has 1 aromatic carbocycles. The Hall–Kier alpha value is -2.96. The molecular formula is C14H14N6O. The zero-order valence-electron chi connectivity index (χ0n) is 11.2. The quantitative estimate of drug-likeness (QED) is 0.730. The topological polar surface area (TPSA) is 98.7 Å². The fourth-order valence-corrected chi connectivity index (χ4v) is 2.05. The van der Waals surface area contributed by atoms with Gasteiger partial charge >= 0.3 is 0 Å². The molecule has 2 aromatic heterocycles. The Morgan fingerprint density at radius 1 is 1.24 bits per heavy atom. The van der Waals surface area contributed by atoms with E-state index in [4.69, 9.17) is 5.73 Å². The fraction of sp³-hybridized carbons (Fsp3) is 0.143. The van der Waals surface area contributed by atoms with Gasteiger partial charge in [0.15, 0.2) is 5.65 Å². The Kier molecular flexibility index (Phi) is 3.46. The Morgan fingerprint density at radius 3 is 2.81 bits per heavy atom. The van der Waals surface area contributed by atoms with Crippen LogP contribution in [0.5, 0.6) is 0 Å². The lowest BCUT2D eigenvalue weighted by molar-refractivity contribution is -0.117. The molecule has 0 unspecified atom stereocenters. The zero-order chi connectivity index (χ0) is 14.7. The molecule has 106 valence electrons. The van der Waals surface area contributed by atoms with Crippen molar-refractivity contribution in [2.24, 2.45) is 5.73 Å². The second-order valence-corrected chi connectivity index (χ2v) is 4.49. The second-order valence-electron chi connectivity index (χ2n) is 4.49. The third-order valence-electron chi connectivity index (χ3n) is 3.03. The summed E-state index contributed by atoms with van der Waals surface area (Å²) in [6.45, 7) is 0.429. The van der Waals surface area contributed by atoms with E-state index in [2.05, 4.69) is 20.4 Å². The van der Waals surface area contributed by atoms with Gasteiger partial charge in [0.2, 0.25) is 5.91 Å². The number of aromatic nitrogens is 4. The van der Waals surface area contributed by atoms with Crippen LogP contribution in [0.2, 0.25) is 0 Å². The van der Waals surface area contributed by atoms with Crippen molar-refractivity contribution in [2.75, 3.05) is 11.9 Å². The molecule has 3 aromatic rings. The molecule has 0 saturated carbocycles. The van der Waals surface area contributed by atoms with Crippen LogP contribution in [-0.2, 0) is 4.79 Å². The predicted octanol–water partition coefficient (Wildman–Crippen LogP) is 1.10. The van der Waals surface area contributed by atoms with E-state index < -0.39 is 0 Å². The minimum Gasteiger partial charge on any atom is -0.370 e. The minimum absolute atomic E-state index is 0.248. The summed E-state index contributed by atoms with van der Waals surface area (Å²) < 4.78 is 1.75. The number of nitrogens with one attached hydrogen (secondary N) is 1. The number of carbonyl (C=O) groups excluding carboxylic acids is 1. The first-order chi connectivity index (χ1) is 10.3. The van der Waals surface area contributed by atoms with Crippen LogP contribution in [-0.4, -0.2) is 32.2 Å². The van der Waals surface area contributed by atoms with Crippen molar-refractivity contribution < 1.29 is 4.79 Å². The van der Waals surface area contributed by atoms with Crippen LogP contribution in [0.4, 0.5) is 5.82 Å². The third-order valence-corrected chi connectivity index (χ3v) is 3.03. The molecule has 0 atom stereocenters. The maximum atomic E-state index is 10.8. The number of fused-ring (bicyclic) bond motifs is 1. The van der Waals surface area contributed by atoms with Gasteiger partial charge in [-0.3, -0.25) is 4.79 Å². The first kappa shape index (κ1) is 13.0. The van der Waals surface area contributed by atoms with E-state index in [9.17, 15) is 4.79 Å². The van der Waals surface area contributed by atoms with Gasteiger partial charge < -0.3 is 11.1 Å². The van der Waals surface area contributed by atoms with Gasteiger partial charge in [0.25, 0.3) is 0 Å². The molecule has 0 aliphatic rings. The highest BCUT2D eigenvalue weighted by atomic mass is 16.1. The van der Waals surface area contributed by atoms with Gasteiger partial charge in [0.05, 0.1) is 17.3 Å². The molecule has 7 heteroatoms. The summed E-state index contributed by atoms with van der Waals surface area (Å²) in [5, 5.41) is 8.23. The number of primary amides is 1. The Morgan fingerprint density at radius 2 is 2.05 bits per heavy atom. The first-order valence-corrected chi connectivity index (χ1v) is 6.52. The van der Waals surface area contributed by atoms with Gasteiger partial charge in [-0.05, 0) is 12.1 Å². The molecule has 7 nitrogen and oxygen atoms in total. The molecule has 0 aliphatic heterocycles. The molecule has 2 heterocycles. The Labute approximate surface area is 120 Å². The lowest BCUT2D eigenvalue weighted by Gasteiger charge is -2.05. The summed E-state index contributed by atoms with van der Waals surface area (Å²) >= 11 is 0. The van der Waals surface area contributed by atoms with Crippen LogP contribution < -0.4 is 11.1 Å². The molecule has 0 bridgehead atoms. The zero-order valence-corrected chi connectivity index (χ0v) is 11.2. The highest BCUT2D eigenvalue weighted by molar-refractivity contribution is 5.87. The SMILES string of the molecule is NC(=O)CCNc1ncnc2c1cnn2-c1ccccc1. The monoisotopic (exact) mass is 282 g/mol. The molecule has 0 radical (unpaired) electrons. The van der Waals surface area contributed by atoms with E-state index in [1.54, 1.807) is 10.9 Å². The number of nitrogens with zero attached hydrogens (tertiary/aromatic N) is 4. The van der Waals surface area contributed by atoms with Crippen LogP contribution in [0.1, 0.15) is 6.42 Å². The van der Waals surface area contributed by atoms with Crippen molar-refractivity contribution in [3.05, 3.63) is 42.9 Å². The highest BCUT2D eigenvalue weighted by Crippen LogP contribution is 2.21. The number of rotatable bonds is 5. The van der Waals surface area contributed by atoms with Crippen molar-refractivity contribution >= 4 is 22.8 Å². The first-order valence-electron chi connectivity index (χ1n) is 6.52. The van der Waals surface area contributed by atoms with Gasteiger partial charge in [0, 0.05) is 13.0 Å². The molecule has 0 spiro atoms. The summed E-state index contributed by atoms with van der Waals surface area (Å²) in [7, 11) is 0. The van der Waals surface area contributed by atoms with E-state index in [0.29, 0.717) is 18.0 Å². The molecule has 21 heavy (non-hydrogen) atoms. The molecule has 0 fully saturated rings. The van der Waals surface area contributed by atoms with Crippen LogP contribution in [0.15, 0.2) is 42.9 Å². The average Bonchev–Trinajstić information content (AvgIpc) is 2.92. The highest BCUT2D eigenvalue weighted by Gasteiger charge is 2.10. The summed E-state index contributed by atoms with van der Waals surface area (Å²) in [6, 6.07) is 9.73. The number of hydrogen-bond donors (Lipinski definition) is 2. The van der Waals surface area contributed by atoms with Crippen molar-refractivity contribution in [3.8, 4) is 5.69 Å². The van der Waals surface area contributed by atoms with Crippen molar-refractivity contribution in [1.29, 1.82) is 0 Å². The third kappa shape index (κ3) is 2.66. The van der Waals surface area contributed by atoms with Gasteiger partial charge in [-0.2, -0.15) is 5.10 Å². The Bertz CT molecular complexity index is 767. The molecule has 3 rings (SSSR count). The number of nitrogens with two attached hydrogens (primary N) is 1. The van der Waals surface area contributed by atoms with Crippen LogP contribution in [0.25, 0.3) is 16.7 Å². The fourth-order valence-electron chi connectivity index (χ4n) is 2.05. The predicted molar refractivity (Wildman–Crippen MR) is 79.0 cm³/mol. The van der Waals surface area contributed by atoms with Crippen LogP contribution in [0, 0.1) is 0 Å². The molecule has 0 aliphatic carbocycles. The Balaban J connectivity index is 1.95. The molecule has 3 N–H and O–H groups in total. The lowest BCUT2D eigenvalue weighted by atomic mass is 10.3. The standard InChI is InChI=1S/C14H14N6O/c15-12(21)6-7-16-13-11-8-19-20(14(11)18-9-17-13)10-4-2-1-3-5-10/h1-5,8-9H,6-7H2,(H2,15,21)(H,16,17,18). The number of anilines is 1. The maximum Gasteiger partial charge on any atom is 0.219 e. The second kappa shape index (κ2) is 5.58. The van der Waals surface area contributed by atoms with E-state index in [1.807, 2.05) is 30.3 Å². The van der Waals surface area contributed by atoms with Gasteiger partial charge in [-0.25, -0.2) is 14.6 Å². The van der Waals surface area contributed by atoms with Gasteiger partial charge in [0.1, 0.15) is 12.1 Å². The lowest BCUT2D eigenvalue weighted by Crippen LogP contribution is -2.16. The largest absolute Gasteiger partial charge is 0.370 e. The molecule has 1 amide bonds. The van der Waals surface area contributed by atoms with Gasteiger partial charge in [-0.1, -0.05) is 18.2 Å². The number of benzene rings is 1. The van der Waals surface area contributed by atoms with Crippen LogP contribution >= 0.6 is 0 Å². The van der Waals surface area contributed by atoms with Crippen molar-refractivity contribution in [3.63, 3.8) is 0 Å². The van der Waals surface area contributed by atoms with E-state index >= 15 is 0 Å². The average molecular weight is 282 g/mol. The number of amides is 1. The number of carbonyl (C=O) groups is 1. The van der Waals surface area contributed by atoms with E-state index in [0.717, 1.165) is 11.1 Å².